The van der Waals surface area contributed by atoms with Crippen LogP contribution in [0.1, 0.15) is 5.56 Å². The largest absolute Gasteiger partial charge is 0.481 e. The smallest absolute Gasteiger partial charge is 0.213 e. The predicted molar refractivity (Wildman–Crippen MR) is 40.9 cm³/mol. The number of nitrogens with zero attached hydrogens (tertiary/aromatic N) is 1. The molecule has 3 heteroatoms. The van der Waals surface area contributed by atoms with Crippen LogP contribution >= 0.6 is 0 Å². The van der Waals surface area contributed by atoms with Crippen molar-refractivity contribution in [3.8, 4) is 5.88 Å². The molecule has 0 spiro atoms. The molecule has 3 nitrogen and oxygen atoms in total. The average Bonchev–Trinajstić information content (AvgIpc) is 2.06. The Balaban J connectivity index is 3.00. The first-order chi connectivity index (χ1) is 5.36. The highest BCUT2D eigenvalue weighted by molar-refractivity contribution is 5.74. The van der Waals surface area contributed by atoms with Crippen LogP contribution in [0.5, 0.6) is 5.88 Å². The minimum Gasteiger partial charge on any atom is -0.481 e. The Kier molecular flexibility index (Phi) is 2.42. The maximum absolute atomic E-state index is 9.93. The SMILES string of the molecule is COc1cc(C=C=O)ccn1. The Morgan fingerprint density at radius 2 is 2.55 bits per heavy atom. The molecule has 1 aromatic rings. The molecule has 56 valence electrons. The van der Waals surface area contributed by atoms with E-state index in [-0.39, 0.29) is 0 Å². The van der Waals surface area contributed by atoms with E-state index in [4.69, 9.17) is 4.74 Å². The molecule has 0 radical (unpaired) electrons. The van der Waals surface area contributed by atoms with Crippen molar-refractivity contribution in [3.05, 3.63) is 23.9 Å². The summed E-state index contributed by atoms with van der Waals surface area (Å²) in [5, 5.41) is 0. The monoisotopic (exact) mass is 149 g/mol. The van der Waals surface area contributed by atoms with Crippen LogP contribution < -0.4 is 4.74 Å². The third-order valence-electron chi connectivity index (χ3n) is 1.19. The summed E-state index contributed by atoms with van der Waals surface area (Å²) in [7, 11) is 1.52. The number of hydrogen-bond acceptors (Lipinski definition) is 3. The van der Waals surface area contributed by atoms with Crippen molar-refractivity contribution in [2.24, 2.45) is 0 Å². The Morgan fingerprint density at radius 1 is 1.73 bits per heavy atom. The zero-order valence-corrected chi connectivity index (χ0v) is 6.07. The number of pyridine rings is 1. The Labute approximate surface area is 64.3 Å². The lowest BCUT2D eigenvalue weighted by Gasteiger charge is -1.96. The van der Waals surface area contributed by atoms with E-state index >= 15 is 0 Å². The maximum atomic E-state index is 9.93. The minimum absolute atomic E-state index is 0.494. The number of rotatable bonds is 2. The van der Waals surface area contributed by atoms with Crippen molar-refractivity contribution in [1.29, 1.82) is 0 Å². The lowest BCUT2D eigenvalue weighted by molar-refractivity contribution is 0.398. The van der Waals surface area contributed by atoms with Crippen molar-refractivity contribution < 1.29 is 9.53 Å². The van der Waals surface area contributed by atoms with Crippen LogP contribution in [-0.4, -0.2) is 18.0 Å². The fourth-order valence-corrected chi connectivity index (χ4v) is 0.694. The zero-order chi connectivity index (χ0) is 8.10. The summed E-state index contributed by atoms with van der Waals surface area (Å²) in [6.45, 7) is 0. The molecule has 1 aromatic heterocycles. The van der Waals surface area contributed by atoms with Crippen molar-refractivity contribution in [1.82, 2.24) is 4.98 Å². The van der Waals surface area contributed by atoms with Crippen LogP contribution in [-0.2, 0) is 4.79 Å². The van der Waals surface area contributed by atoms with Gasteiger partial charge in [0.1, 0.15) is 5.94 Å². The number of ether oxygens (including phenoxy) is 1. The van der Waals surface area contributed by atoms with Gasteiger partial charge in [-0.05, 0) is 11.6 Å². The van der Waals surface area contributed by atoms with E-state index in [9.17, 15) is 4.79 Å². The molecule has 0 bridgehead atoms. The molecule has 0 atom stereocenters. The summed E-state index contributed by atoms with van der Waals surface area (Å²) in [6.07, 6.45) is 2.90. The average molecular weight is 149 g/mol. The third kappa shape index (κ3) is 1.92. The zero-order valence-electron chi connectivity index (χ0n) is 6.07. The molecule has 1 heterocycles. The highest BCUT2D eigenvalue weighted by atomic mass is 16.5. The van der Waals surface area contributed by atoms with Crippen LogP contribution in [0.4, 0.5) is 0 Å². The van der Waals surface area contributed by atoms with E-state index < -0.39 is 0 Å². The van der Waals surface area contributed by atoms with Crippen LogP contribution in [0.3, 0.4) is 0 Å². The van der Waals surface area contributed by atoms with E-state index in [1.165, 1.54) is 13.2 Å². The first-order valence-electron chi connectivity index (χ1n) is 3.08. The third-order valence-corrected chi connectivity index (χ3v) is 1.19. The lowest BCUT2D eigenvalue weighted by atomic mass is 10.3. The Bertz CT molecular complexity index is 290. The molecular weight excluding hydrogens is 142 g/mol. The maximum Gasteiger partial charge on any atom is 0.213 e. The predicted octanol–water partition coefficient (Wildman–Crippen LogP) is 0.935. The summed E-state index contributed by atoms with van der Waals surface area (Å²) in [5.74, 6) is 2.17. The summed E-state index contributed by atoms with van der Waals surface area (Å²) < 4.78 is 4.84. The summed E-state index contributed by atoms with van der Waals surface area (Å²) in [6, 6.07) is 3.36. The van der Waals surface area contributed by atoms with Gasteiger partial charge in [0, 0.05) is 18.3 Å². The van der Waals surface area contributed by atoms with Gasteiger partial charge >= 0.3 is 0 Å². The second kappa shape index (κ2) is 3.54. The van der Waals surface area contributed by atoms with Crippen molar-refractivity contribution in [2.75, 3.05) is 7.11 Å². The van der Waals surface area contributed by atoms with Gasteiger partial charge in [0.05, 0.1) is 7.11 Å². The van der Waals surface area contributed by atoms with Crippen molar-refractivity contribution >= 4 is 12.0 Å². The molecule has 0 N–H and O–H groups in total. The molecule has 0 amide bonds. The lowest BCUT2D eigenvalue weighted by Crippen LogP contribution is -1.86. The van der Waals surface area contributed by atoms with Gasteiger partial charge in [-0.2, -0.15) is 0 Å². The summed E-state index contributed by atoms with van der Waals surface area (Å²) >= 11 is 0. The van der Waals surface area contributed by atoms with Crippen LogP contribution in [0, 0.1) is 0 Å². The van der Waals surface area contributed by atoms with E-state index in [0.29, 0.717) is 5.88 Å². The van der Waals surface area contributed by atoms with Gasteiger partial charge in [0.2, 0.25) is 5.88 Å². The summed E-state index contributed by atoms with van der Waals surface area (Å²) in [4.78, 5) is 13.8. The van der Waals surface area contributed by atoms with Crippen molar-refractivity contribution in [2.45, 2.75) is 0 Å². The molecule has 11 heavy (non-hydrogen) atoms. The molecule has 0 fully saturated rings. The molecule has 0 aliphatic heterocycles. The van der Waals surface area contributed by atoms with E-state index in [1.54, 1.807) is 24.3 Å². The highest BCUT2D eigenvalue weighted by Gasteiger charge is 1.91. The first kappa shape index (κ1) is 7.51. The second-order valence-corrected chi connectivity index (χ2v) is 1.89. The Morgan fingerprint density at radius 3 is 3.18 bits per heavy atom. The molecule has 0 aliphatic rings. The molecule has 0 saturated heterocycles. The van der Waals surface area contributed by atoms with E-state index in [2.05, 4.69) is 4.98 Å². The standard InChI is InChI=1S/C8H7NO2/c1-11-8-6-7(3-5-10)2-4-9-8/h2-4,6H,1H3. The van der Waals surface area contributed by atoms with Gasteiger partial charge in [-0.25, -0.2) is 9.78 Å². The molecule has 0 saturated carbocycles. The molecule has 0 aromatic carbocycles. The molecule has 1 rings (SSSR count). The number of aromatic nitrogens is 1. The van der Waals surface area contributed by atoms with Gasteiger partial charge in [0.25, 0.3) is 0 Å². The summed E-state index contributed by atoms with van der Waals surface area (Å²) in [5.41, 5.74) is 0.742. The first-order valence-corrected chi connectivity index (χ1v) is 3.08. The van der Waals surface area contributed by atoms with Gasteiger partial charge in [0.15, 0.2) is 0 Å². The number of carbonyl (C=O) groups excluding carboxylic acids is 1. The highest BCUT2D eigenvalue weighted by Crippen LogP contribution is 2.08. The van der Waals surface area contributed by atoms with Crippen LogP contribution in [0.15, 0.2) is 18.3 Å². The van der Waals surface area contributed by atoms with Gasteiger partial charge in [-0.3, -0.25) is 0 Å². The van der Waals surface area contributed by atoms with Gasteiger partial charge in [-0.1, -0.05) is 0 Å². The van der Waals surface area contributed by atoms with Gasteiger partial charge < -0.3 is 4.74 Å². The minimum atomic E-state index is 0.494. The fourth-order valence-electron chi connectivity index (χ4n) is 0.694. The van der Waals surface area contributed by atoms with Crippen LogP contribution in [0.2, 0.25) is 0 Å². The molecular formula is C8H7NO2. The molecule has 0 unspecified atom stereocenters. The van der Waals surface area contributed by atoms with E-state index in [0.717, 1.165) is 5.56 Å². The van der Waals surface area contributed by atoms with Gasteiger partial charge in [-0.15, -0.1) is 0 Å². The molecule has 0 aliphatic carbocycles. The normalized spacial score (nSPS) is 8.45. The van der Waals surface area contributed by atoms with E-state index in [1.807, 2.05) is 0 Å². The topological polar surface area (TPSA) is 39.2 Å². The quantitative estimate of drug-likeness (QED) is 0.587. The number of methoxy groups -OCH3 is 1. The number of hydrogen-bond donors (Lipinski definition) is 0. The van der Waals surface area contributed by atoms with Crippen LogP contribution in [0.25, 0.3) is 6.08 Å². The van der Waals surface area contributed by atoms with Crippen molar-refractivity contribution in [3.63, 3.8) is 0 Å². The second-order valence-electron chi connectivity index (χ2n) is 1.89. The fraction of sp³-hybridized carbons (Fsp3) is 0.125. The Hall–Kier alpha value is -1.60.